The zero-order valence-corrected chi connectivity index (χ0v) is 66.8. The molecule has 7 fully saturated rings. The largest absolute Gasteiger partial charge is 0.433 e. The zero-order chi connectivity index (χ0) is 83.2. The molecule has 626 valence electrons. The maximum absolute atomic E-state index is 16.4. The number of benzene rings is 4. The number of amides is 6. The highest BCUT2D eigenvalue weighted by Crippen LogP contribution is 2.43. The van der Waals surface area contributed by atoms with Crippen LogP contribution in [0.2, 0.25) is 0 Å². The molecule has 2 aliphatic carbocycles. The molecular weight excluding hydrogens is 1550 g/mol. The molecule has 2 saturated carbocycles. The number of aryl methyl sites for hydroxylation is 2. The molecule has 7 aliphatic rings. The van der Waals surface area contributed by atoms with Crippen LogP contribution < -0.4 is 47.3 Å². The van der Waals surface area contributed by atoms with Crippen LogP contribution in [0.1, 0.15) is 184 Å². The van der Waals surface area contributed by atoms with E-state index in [0.717, 1.165) is 151 Å². The number of imidazole rings is 2. The lowest BCUT2D eigenvalue weighted by Gasteiger charge is -2.40. The van der Waals surface area contributed by atoms with Crippen molar-refractivity contribution in [2.75, 3.05) is 104 Å². The number of imide groups is 2. The Labute approximate surface area is 679 Å². The number of aromatic nitrogens is 10. The summed E-state index contributed by atoms with van der Waals surface area (Å²) in [4.78, 5) is 125. The molecule has 11 heterocycles. The Hall–Kier alpha value is -11.3. The Morgan fingerprint density at radius 1 is 0.571 bits per heavy atom. The Morgan fingerprint density at radius 3 is 1.66 bits per heavy atom. The molecule has 0 bridgehead atoms. The van der Waals surface area contributed by atoms with Crippen LogP contribution in [0.5, 0.6) is 0 Å². The summed E-state index contributed by atoms with van der Waals surface area (Å²) in [6.07, 6.45) is 4.56. The first-order valence-corrected chi connectivity index (χ1v) is 41.1. The highest BCUT2D eigenvalue weighted by atomic mass is 19.4. The summed E-state index contributed by atoms with van der Waals surface area (Å²) in [5.74, 6) is -2.62. The first-order chi connectivity index (χ1) is 57.0. The number of pyridine rings is 2. The normalized spacial score (nSPS) is 22.3. The van der Waals surface area contributed by atoms with Gasteiger partial charge in [-0.15, -0.1) is 0 Å². The van der Waals surface area contributed by atoms with E-state index in [2.05, 4.69) is 57.9 Å². The van der Waals surface area contributed by atoms with Crippen LogP contribution >= 0.6 is 0 Å². The van der Waals surface area contributed by atoms with Crippen molar-refractivity contribution < 1.29 is 59.8 Å². The second-order valence-electron chi connectivity index (χ2n) is 33.6. The van der Waals surface area contributed by atoms with Crippen molar-refractivity contribution in [1.29, 1.82) is 0 Å². The average Bonchev–Trinajstić information content (AvgIpc) is 1.61. The first-order valence-electron chi connectivity index (χ1n) is 41.1. The molecule has 28 nitrogen and oxygen atoms in total. The van der Waals surface area contributed by atoms with Crippen LogP contribution in [0.4, 0.5) is 54.8 Å². The SMILES string of the molecule is CN(CC1CCC(n2cc3cc(NC(=O)c4cccc(C(F)(F)F)n4)c(N4CCOC(c5cc(C(=O)Nc6cc7cn(C8CCC(CN9CCN(c%10cccc%11c%10n(C)c(=O)n%11C%10CCC(=O)NC%10=O)CC9)CC8)nc7cc6C(F)F)nc(C(C)(C)F)c5)C4)cc3n2)CC1)C1CCN(c2cccc3c2n(C)c(=O)n3C2CCC(=O)NC2=O)CC1. The van der Waals surface area contributed by atoms with Crippen molar-refractivity contribution >= 4 is 108 Å². The van der Waals surface area contributed by atoms with Crippen molar-refractivity contribution in [2.24, 2.45) is 25.9 Å². The topological polar surface area (TPSA) is 291 Å². The van der Waals surface area contributed by atoms with Gasteiger partial charge < -0.3 is 35.0 Å². The molecular formula is C85H95F6N19O9. The predicted molar refractivity (Wildman–Crippen MR) is 435 cm³/mol. The fourth-order valence-electron chi connectivity index (χ4n) is 19.2. The lowest BCUT2D eigenvalue weighted by molar-refractivity contribution is -0.141. The summed E-state index contributed by atoms with van der Waals surface area (Å²) in [6, 6.07) is 22.6. The van der Waals surface area contributed by atoms with Gasteiger partial charge in [-0.3, -0.25) is 71.9 Å². The van der Waals surface area contributed by atoms with Crippen molar-refractivity contribution in [3.63, 3.8) is 0 Å². The van der Waals surface area contributed by atoms with Gasteiger partial charge in [0, 0.05) is 127 Å². The third-order valence-electron chi connectivity index (χ3n) is 25.6. The quantitative estimate of drug-likeness (QED) is 0.0432. The van der Waals surface area contributed by atoms with Gasteiger partial charge in [-0.1, -0.05) is 18.2 Å². The maximum Gasteiger partial charge on any atom is 0.433 e. The number of para-hydroxylation sites is 2. The van der Waals surface area contributed by atoms with E-state index < -0.39 is 77.0 Å². The van der Waals surface area contributed by atoms with Crippen LogP contribution in [0.25, 0.3) is 43.9 Å². The third kappa shape index (κ3) is 16.0. The fraction of sp³-hybridized carbons (Fsp3) is 0.482. The Bertz CT molecular complexity index is 5770. The fourth-order valence-corrected chi connectivity index (χ4v) is 19.2. The molecule has 6 amide bonds. The number of hydrogen-bond acceptors (Lipinski definition) is 18. The number of carbonyl (C=O) groups excluding carboxylic acids is 6. The number of nitrogens with one attached hydrogen (secondary N) is 4. The summed E-state index contributed by atoms with van der Waals surface area (Å²) in [5, 5.41) is 21.4. The number of piperidine rings is 3. The summed E-state index contributed by atoms with van der Waals surface area (Å²) in [6.45, 7) is 9.29. The number of ether oxygens (including phenoxy) is 1. The van der Waals surface area contributed by atoms with Gasteiger partial charge in [0.1, 0.15) is 40.9 Å². The van der Waals surface area contributed by atoms with Crippen molar-refractivity contribution in [2.45, 2.75) is 158 Å². The summed E-state index contributed by atoms with van der Waals surface area (Å²) >= 11 is 0. The van der Waals surface area contributed by atoms with Gasteiger partial charge in [0.25, 0.3) is 18.2 Å². The van der Waals surface area contributed by atoms with E-state index in [1.165, 1.54) is 53.3 Å². The molecule has 5 aliphatic heterocycles. The van der Waals surface area contributed by atoms with Crippen LogP contribution in [-0.4, -0.2) is 178 Å². The highest BCUT2D eigenvalue weighted by Gasteiger charge is 2.39. The molecule has 3 atom stereocenters. The molecule has 34 heteroatoms. The van der Waals surface area contributed by atoms with Crippen LogP contribution in [0, 0.1) is 11.8 Å². The second kappa shape index (κ2) is 32.1. The highest BCUT2D eigenvalue weighted by molar-refractivity contribution is 6.07. The molecule has 17 rings (SSSR count). The molecule has 0 spiro atoms. The number of alkyl halides is 6. The second-order valence-corrected chi connectivity index (χ2v) is 33.6. The van der Waals surface area contributed by atoms with Crippen molar-refractivity contribution in [3.05, 3.63) is 158 Å². The van der Waals surface area contributed by atoms with E-state index in [0.29, 0.717) is 62.0 Å². The summed E-state index contributed by atoms with van der Waals surface area (Å²) < 4.78 is 105. The maximum atomic E-state index is 16.4. The van der Waals surface area contributed by atoms with Gasteiger partial charge in [-0.25, -0.2) is 32.7 Å². The predicted octanol–water partition coefficient (Wildman–Crippen LogP) is 11.6. The molecule has 4 aromatic carbocycles. The number of fused-ring (bicyclic) bond motifs is 4. The monoisotopic (exact) mass is 1640 g/mol. The average molecular weight is 1640 g/mol. The lowest BCUT2D eigenvalue weighted by Crippen LogP contribution is -2.48. The van der Waals surface area contributed by atoms with Crippen LogP contribution in [0.3, 0.4) is 0 Å². The van der Waals surface area contributed by atoms with E-state index in [9.17, 15) is 51.5 Å². The molecule has 6 aromatic heterocycles. The number of morpholine rings is 1. The van der Waals surface area contributed by atoms with Gasteiger partial charge in [0.2, 0.25) is 23.6 Å². The molecule has 10 aromatic rings. The third-order valence-corrected chi connectivity index (χ3v) is 25.6. The van der Waals surface area contributed by atoms with E-state index in [4.69, 9.17) is 14.9 Å². The van der Waals surface area contributed by atoms with Crippen molar-refractivity contribution in [3.8, 4) is 0 Å². The lowest BCUT2D eigenvalue weighted by atomic mass is 9.85. The Balaban J connectivity index is 0.548. The standard InChI is InChI=1S/C85H95F6N19O9/c1-84(2,88)72-40-50(37-62(93-72)79(114)94-60-38-51-45-107(98-58(51)41-56(60)77(86)87)55-21-17-49(18-22-55)44-103-31-33-105(34-32-103)64-11-8-13-66-76(64)102(5)83(118)110(66)68-24-26-74(112)97-81(68)116)70-47-106(35-36-119-70)69-42-59-52(39-61(69)95-78(113)57-9-6-14-71(92-57)85(89,90)91)46-108(99-59)54-19-15-48(16-20-54)43-100(3)53-27-29-104(30-28-53)63-10-7-12-65-75(63)101(4)82(117)109(65)67-23-25-73(111)96-80(67)115/h6-14,37-42,45-46,48-49,53-55,67-68,70,77H,15-36,43-44,47H2,1-5H3,(H,94,114)(H,95,113)(H,96,111,115)(H,97,112,116). The van der Waals surface area contributed by atoms with Gasteiger partial charge >= 0.3 is 17.6 Å². The minimum absolute atomic E-state index is 0.00950. The first kappa shape index (κ1) is 80.2. The number of carbonyl (C=O) groups is 6. The number of hydrogen-bond donors (Lipinski definition) is 4. The number of rotatable bonds is 19. The minimum Gasteiger partial charge on any atom is -0.370 e. The number of anilines is 5. The zero-order valence-electron chi connectivity index (χ0n) is 66.8. The Morgan fingerprint density at radius 2 is 1.10 bits per heavy atom. The smallest absolute Gasteiger partial charge is 0.370 e. The molecule has 119 heavy (non-hydrogen) atoms. The Kier molecular flexibility index (Phi) is 21.6. The minimum atomic E-state index is -4.83. The van der Waals surface area contributed by atoms with Crippen LogP contribution in [0.15, 0.2) is 113 Å². The van der Waals surface area contributed by atoms with E-state index in [-0.39, 0.29) is 103 Å². The van der Waals surface area contributed by atoms with Gasteiger partial charge in [0.05, 0.1) is 85.9 Å². The number of halogens is 6. The number of nitrogens with zero attached hydrogens (tertiary/aromatic N) is 15. The van der Waals surface area contributed by atoms with E-state index >= 15 is 13.2 Å². The molecule has 4 N–H and O–H groups in total. The summed E-state index contributed by atoms with van der Waals surface area (Å²) in [7, 11) is 5.61. The number of piperazine rings is 1. The summed E-state index contributed by atoms with van der Waals surface area (Å²) in [5.41, 5.74) is 0.993. The molecule has 5 saturated heterocycles. The van der Waals surface area contributed by atoms with E-state index in [1.807, 2.05) is 63.1 Å². The molecule has 0 radical (unpaired) electrons. The van der Waals surface area contributed by atoms with Crippen LogP contribution in [-0.2, 0) is 49.9 Å². The van der Waals surface area contributed by atoms with E-state index in [1.54, 1.807) is 35.4 Å². The van der Waals surface area contributed by atoms with Gasteiger partial charge in [0.15, 0.2) is 0 Å². The van der Waals surface area contributed by atoms with Crippen molar-refractivity contribution in [1.82, 2.24) is 68.2 Å². The van der Waals surface area contributed by atoms with Gasteiger partial charge in [-0.2, -0.15) is 23.4 Å². The van der Waals surface area contributed by atoms with Gasteiger partial charge in [-0.05, 0) is 188 Å². The molecule has 3 unspecified atom stereocenters.